The summed E-state index contributed by atoms with van der Waals surface area (Å²) in [5.41, 5.74) is 3.52. The molecule has 0 aliphatic carbocycles. The standard InChI is InChI=1S/C25H30N2O2/c1-18(2)17-29-22-7-5-6-19(12-22)14-27-15-21(25(28)16-27)13-20-10-11-26-24-9-4-3-8-23(20)24/h3-12,18,21,25,28H,13-17H2,1-2H3/t21-,25+/m1/s1. The summed E-state index contributed by atoms with van der Waals surface area (Å²) in [5.74, 6) is 1.68. The van der Waals surface area contributed by atoms with E-state index in [1.54, 1.807) is 0 Å². The molecular formula is C25H30N2O2. The number of aromatic nitrogens is 1. The number of β-amino-alcohol motifs (C(OH)–C–C–N with tert-alkyl or cyclic N) is 1. The Bertz CT molecular complexity index is 951. The van der Waals surface area contributed by atoms with Crippen LogP contribution in [0.2, 0.25) is 0 Å². The molecule has 29 heavy (non-hydrogen) atoms. The molecule has 0 bridgehead atoms. The first-order chi connectivity index (χ1) is 14.1. The third-order valence-corrected chi connectivity index (χ3v) is 5.59. The highest BCUT2D eigenvalue weighted by Gasteiger charge is 2.31. The summed E-state index contributed by atoms with van der Waals surface area (Å²) in [5, 5.41) is 11.9. The second-order valence-electron chi connectivity index (χ2n) is 8.57. The van der Waals surface area contributed by atoms with Crippen LogP contribution in [-0.2, 0) is 13.0 Å². The largest absolute Gasteiger partial charge is 0.493 e. The summed E-state index contributed by atoms with van der Waals surface area (Å²) < 4.78 is 5.86. The molecule has 152 valence electrons. The highest BCUT2D eigenvalue weighted by atomic mass is 16.5. The van der Waals surface area contributed by atoms with E-state index < -0.39 is 0 Å². The maximum absolute atomic E-state index is 10.7. The van der Waals surface area contributed by atoms with E-state index in [0.29, 0.717) is 12.5 Å². The van der Waals surface area contributed by atoms with Crippen molar-refractivity contribution < 1.29 is 9.84 Å². The average molecular weight is 391 g/mol. The molecular weight excluding hydrogens is 360 g/mol. The van der Waals surface area contributed by atoms with Crippen molar-refractivity contribution in [2.75, 3.05) is 19.7 Å². The molecule has 2 heterocycles. The van der Waals surface area contributed by atoms with Gasteiger partial charge in [-0.2, -0.15) is 0 Å². The smallest absolute Gasteiger partial charge is 0.119 e. The van der Waals surface area contributed by atoms with Gasteiger partial charge in [0.2, 0.25) is 0 Å². The molecule has 1 N–H and O–H groups in total. The number of rotatable bonds is 7. The van der Waals surface area contributed by atoms with Crippen molar-refractivity contribution >= 4 is 10.9 Å². The molecule has 0 saturated carbocycles. The summed E-state index contributed by atoms with van der Waals surface area (Å²) in [4.78, 5) is 6.80. The van der Waals surface area contributed by atoms with Crippen molar-refractivity contribution in [1.82, 2.24) is 9.88 Å². The molecule has 2 atom stereocenters. The molecule has 0 radical (unpaired) electrons. The quantitative estimate of drug-likeness (QED) is 0.653. The first kappa shape index (κ1) is 19.9. The maximum Gasteiger partial charge on any atom is 0.119 e. The fourth-order valence-electron chi connectivity index (χ4n) is 4.14. The lowest BCUT2D eigenvalue weighted by molar-refractivity contribution is 0.141. The topological polar surface area (TPSA) is 45.6 Å². The van der Waals surface area contributed by atoms with E-state index in [-0.39, 0.29) is 12.0 Å². The van der Waals surface area contributed by atoms with E-state index in [1.165, 1.54) is 16.5 Å². The number of aliphatic hydroxyl groups excluding tert-OH is 1. The maximum atomic E-state index is 10.7. The highest BCUT2D eigenvalue weighted by Crippen LogP contribution is 2.27. The van der Waals surface area contributed by atoms with E-state index in [1.807, 2.05) is 24.4 Å². The van der Waals surface area contributed by atoms with Gasteiger partial charge >= 0.3 is 0 Å². The Morgan fingerprint density at radius 1 is 1.10 bits per heavy atom. The zero-order valence-electron chi connectivity index (χ0n) is 17.3. The highest BCUT2D eigenvalue weighted by molar-refractivity contribution is 5.81. The van der Waals surface area contributed by atoms with Crippen LogP contribution in [0.15, 0.2) is 60.8 Å². The van der Waals surface area contributed by atoms with E-state index in [9.17, 15) is 5.11 Å². The minimum atomic E-state index is -0.303. The van der Waals surface area contributed by atoms with Gasteiger partial charge < -0.3 is 9.84 Å². The molecule has 0 amide bonds. The zero-order valence-corrected chi connectivity index (χ0v) is 17.3. The molecule has 0 unspecified atom stereocenters. The Balaban J connectivity index is 1.40. The van der Waals surface area contributed by atoms with Crippen molar-refractivity contribution in [3.05, 3.63) is 71.9 Å². The van der Waals surface area contributed by atoms with Crippen molar-refractivity contribution in [1.29, 1.82) is 0 Å². The predicted octanol–water partition coefficient (Wildman–Crippen LogP) is 4.31. The van der Waals surface area contributed by atoms with Gasteiger partial charge in [0.1, 0.15) is 5.75 Å². The van der Waals surface area contributed by atoms with Crippen LogP contribution in [0.25, 0.3) is 10.9 Å². The van der Waals surface area contributed by atoms with Gasteiger partial charge in [0.15, 0.2) is 0 Å². The summed E-state index contributed by atoms with van der Waals surface area (Å²) in [6, 6.07) is 18.7. The van der Waals surface area contributed by atoms with Gasteiger partial charge in [0, 0.05) is 37.1 Å². The lowest BCUT2D eigenvalue weighted by Gasteiger charge is -2.17. The third kappa shape index (κ3) is 4.95. The van der Waals surface area contributed by atoms with Crippen LogP contribution in [0.5, 0.6) is 5.75 Å². The SMILES string of the molecule is CC(C)COc1cccc(CN2C[C@@H](Cc3ccnc4ccccc34)[C@@H](O)C2)c1. The molecule has 1 saturated heterocycles. The average Bonchev–Trinajstić information content (AvgIpc) is 3.05. The summed E-state index contributed by atoms with van der Waals surface area (Å²) in [6.07, 6.45) is 2.44. The first-order valence-corrected chi connectivity index (χ1v) is 10.5. The number of benzene rings is 2. The Morgan fingerprint density at radius 2 is 1.97 bits per heavy atom. The number of ether oxygens (including phenoxy) is 1. The number of para-hydroxylation sites is 1. The third-order valence-electron chi connectivity index (χ3n) is 5.59. The number of nitrogens with zero attached hydrogens (tertiary/aromatic N) is 2. The van der Waals surface area contributed by atoms with E-state index in [0.717, 1.165) is 37.4 Å². The summed E-state index contributed by atoms with van der Waals surface area (Å²) in [7, 11) is 0. The Hall–Kier alpha value is -2.43. The molecule has 2 aromatic carbocycles. The Labute approximate surface area is 173 Å². The Kier molecular flexibility index (Phi) is 6.12. The van der Waals surface area contributed by atoms with Crippen LogP contribution >= 0.6 is 0 Å². The molecule has 1 aromatic heterocycles. The second kappa shape index (κ2) is 8.93. The van der Waals surface area contributed by atoms with Crippen molar-refractivity contribution in [3.63, 3.8) is 0 Å². The van der Waals surface area contributed by atoms with Crippen molar-refractivity contribution in [2.24, 2.45) is 11.8 Å². The molecule has 3 aromatic rings. The van der Waals surface area contributed by atoms with Crippen LogP contribution in [0.3, 0.4) is 0 Å². The fourth-order valence-corrected chi connectivity index (χ4v) is 4.14. The van der Waals surface area contributed by atoms with Crippen molar-refractivity contribution in [3.8, 4) is 5.75 Å². The molecule has 0 spiro atoms. The van der Waals surface area contributed by atoms with Gasteiger partial charge in [-0.1, -0.05) is 44.2 Å². The molecule has 4 nitrogen and oxygen atoms in total. The van der Waals surface area contributed by atoms with Crippen LogP contribution in [0, 0.1) is 11.8 Å². The van der Waals surface area contributed by atoms with Gasteiger partial charge in [0.05, 0.1) is 18.2 Å². The van der Waals surface area contributed by atoms with Gasteiger partial charge in [-0.25, -0.2) is 0 Å². The van der Waals surface area contributed by atoms with Crippen LogP contribution in [0.4, 0.5) is 0 Å². The van der Waals surface area contributed by atoms with Gasteiger partial charge in [-0.05, 0) is 47.7 Å². The zero-order chi connectivity index (χ0) is 20.2. The molecule has 1 aliphatic heterocycles. The molecule has 4 heteroatoms. The lowest BCUT2D eigenvalue weighted by Crippen LogP contribution is -2.21. The summed E-state index contributed by atoms with van der Waals surface area (Å²) in [6.45, 7) is 7.49. The second-order valence-corrected chi connectivity index (χ2v) is 8.57. The number of aliphatic hydroxyl groups is 1. The Morgan fingerprint density at radius 3 is 2.83 bits per heavy atom. The van der Waals surface area contributed by atoms with Crippen LogP contribution in [0.1, 0.15) is 25.0 Å². The van der Waals surface area contributed by atoms with Crippen LogP contribution in [-0.4, -0.2) is 40.8 Å². The molecule has 4 rings (SSSR count). The molecule has 1 fully saturated rings. The minimum Gasteiger partial charge on any atom is -0.493 e. The van der Waals surface area contributed by atoms with Gasteiger partial charge in [-0.3, -0.25) is 9.88 Å². The number of hydrogen-bond acceptors (Lipinski definition) is 4. The van der Waals surface area contributed by atoms with E-state index >= 15 is 0 Å². The van der Waals surface area contributed by atoms with E-state index in [2.05, 4.69) is 60.1 Å². The number of hydrogen-bond donors (Lipinski definition) is 1. The predicted molar refractivity (Wildman–Crippen MR) is 117 cm³/mol. The monoisotopic (exact) mass is 390 g/mol. The van der Waals surface area contributed by atoms with Gasteiger partial charge in [-0.15, -0.1) is 0 Å². The molecule has 1 aliphatic rings. The van der Waals surface area contributed by atoms with Crippen LogP contribution < -0.4 is 4.74 Å². The van der Waals surface area contributed by atoms with Gasteiger partial charge in [0.25, 0.3) is 0 Å². The number of fused-ring (bicyclic) bond motifs is 1. The van der Waals surface area contributed by atoms with Crippen molar-refractivity contribution in [2.45, 2.75) is 32.9 Å². The fraction of sp³-hybridized carbons (Fsp3) is 0.400. The number of pyridine rings is 1. The first-order valence-electron chi connectivity index (χ1n) is 10.5. The number of likely N-dealkylation sites (tertiary alicyclic amines) is 1. The van der Waals surface area contributed by atoms with E-state index in [4.69, 9.17) is 4.74 Å². The normalized spacial score (nSPS) is 19.9. The lowest BCUT2D eigenvalue weighted by atomic mass is 9.94. The summed E-state index contributed by atoms with van der Waals surface area (Å²) >= 11 is 0. The minimum absolute atomic E-state index is 0.237.